The number of aromatic hydroxyl groups is 1. The number of phenols is 1. The zero-order valence-electron chi connectivity index (χ0n) is 9.96. The van der Waals surface area contributed by atoms with E-state index in [0.29, 0.717) is 16.3 Å². The third-order valence-electron chi connectivity index (χ3n) is 2.45. The normalized spacial score (nSPS) is 10.9. The van der Waals surface area contributed by atoms with Gasteiger partial charge in [0.05, 0.1) is 15.6 Å². The van der Waals surface area contributed by atoms with Crippen LogP contribution in [0.4, 0.5) is 11.4 Å². The monoisotopic (exact) mass is 310 g/mol. The molecule has 102 valence electrons. The summed E-state index contributed by atoms with van der Waals surface area (Å²) < 4.78 is 0. The van der Waals surface area contributed by atoms with Gasteiger partial charge in [0.1, 0.15) is 5.75 Å². The number of halogens is 2. The maximum atomic E-state index is 10.6. The van der Waals surface area contributed by atoms with Crippen LogP contribution >= 0.6 is 23.2 Å². The van der Waals surface area contributed by atoms with Crippen molar-refractivity contribution in [2.45, 2.75) is 0 Å². The van der Waals surface area contributed by atoms with E-state index >= 15 is 0 Å². The van der Waals surface area contributed by atoms with E-state index in [4.69, 9.17) is 23.2 Å². The molecule has 0 spiro atoms. The third-order valence-corrected chi connectivity index (χ3v) is 2.96. The predicted octanol–water partition coefficient (Wildman–Crippen LogP) is 4.36. The van der Waals surface area contributed by atoms with E-state index in [2.05, 4.69) is 4.99 Å². The molecule has 0 saturated carbocycles. The standard InChI is InChI=1S/C13H8Cl2N2O3/c14-9-4-8(13(18)12(15)5-9)7-16-10-2-1-3-11(6-10)17(19)20/h1-7,18H. The average Bonchev–Trinajstić information content (AvgIpc) is 2.41. The lowest BCUT2D eigenvalue weighted by Gasteiger charge is -2.02. The lowest BCUT2D eigenvalue weighted by atomic mass is 10.2. The van der Waals surface area contributed by atoms with Gasteiger partial charge in [0.2, 0.25) is 0 Å². The number of nitrogens with zero attached hydrogens (tertiary/aromatic N) is 2. The lowest BCUT2D eigenvalue weighted by molar-refractivity contribution is -0.384. The minimum absolute atomic E-state index is 0.0620. The Morgan fingerprint density at radius 1 is 1.25 bits per heavy atom. The number of nitro groups is 1. The van der Waals surface area contributed by atoms with E-state index in [9.17, 15) is 15.2 Å². The molecular formula is C13H8Cl2N2O3. The molecule has 0 heterocycles. The van der Waals surface area contributed by atoms with Crippen molar-refractivity contribution in [2.75, 3.05) is 0 Å². The van der Waals surface area contributed by atoms with Crippen LogP contribution in [0.5, 0.6) is 5.75 Å². The Hall–Kier alpha value is -2.11. The highest BCUT2D eigenvalue weighted by molar-refractivity contribution is 6.36. The summed E-state index contributed by atoms with van der Waals surface area (Å²) in [6.45, 7) is 0. The van der Waals surface area contributed by atoms with Gasteiger partial charge in [-0.1, -0.05) is 29.3 Å². The molecular weight excluding hydrogens is 303 g/mol. The van der Waals surface area contributed by atoms with E-state index in [1.165, 1.54) is 36.5 Å². The zero-order valence-corrected chi connectivity index (χ0v) is 11.5. The van der Waals surface area contributed by atoms with Crippen molar-refractivity contribution in [2.24, 2.45) is 4.99 Å². The number of benzene rings is 2. The van der Waals surface area contributed by atoms with Crippen LogP contribution in [0.3, 0.4) is 0 Å². The average molecular weight is 311 g/mol. The first-order valence-corrected chi connectivity index (χ1v) is 6.19. The molecule has 0 fully saturated rings. The molecule has 0 unspecified atom stereocenters. The maximum Gasteiger partial charge on any atom is 0.271 e. The number of hydrogen-bond acceptors (Lipinski definition) is 4. The summed E-state index contributed by atoms with van der Waals surface area (Å²) in [5.74, 6) is -0.148. The second-order valence-electron chi connectivity index (χ2n) is 3.86. The summed E-state index contributed by atoms with van der Waals surface area (Å²) in [5, 5.41) is 20.9. The van der Waals surface area contributed by atoms with Gasteiger partial charge in [0, 0.05) is 28.9 Å². The van der Waals surface area contributed by atoms with E-state index in [0.717, 1.165) is 0 Å². The van der Waals surface area contributed by atoms with E-state index in [1.807, 2.05) is 0 Å². The highest BCUT2D eigenvalue weighted by Crippen LogP contribution is 2.30. The molecule has 20 heavy (non-hydrogen) atoms. The van der Waals surface area contributed by atoms with Crippen LogP contribution < -0.4 is 0 Å². The number of hydrogen-bond donors (Lipinski definition) is 1. The fraction of sp³-hybridized carbons (Fsp3) is 0. The second-order valence-corrected chi connectivity index (χ2v) is 4.70. The molecule has 0 aliphatic carbocycles. The van der Waals surface area contributed by atoms with Gasteiger partial charge < -0.3 is 5.11 Å². The molecule has 0 aliphatic heterocycles. The van der Waals surface area contributed by atoms with Gasteiger partial charge in [0.25, 0.3) is 5.69 Å². The molecule has 2 aromatic rings. The molecule has 0 radical (unpaired) electrons. The Labute approximate surface area is 124 Å². The number of rotatable bonds is 3. The fourth-order valence-electron chi connectivity index (χ4n) is 1.52. The topological polar surface area (TPSA) is 75.7 Å². The number of phenolic OH excluding ortho intramolecular Hbond substituents is 1. The lowest BCUT2D eigenvalue weighted by Crippen LogP contribution is -1.87. The van der Waals surface area contributed by atoms with Crippen molar-refractivity contribution in [3.8, 4) is 5.75 Å². The van der Waals surface area contributed by atoms with Gasteiger partial charge in [-0.25, -0.2) is 0 Å². The zero-order chi connectivity index (χ0) is 14.7. The fourth-order valence-corrected chi connectivity index (χ4v) is 2.02. The first-order chi connectivity index (χ1) is 9.47. The Balaban J connectivity index is 2.34. The molecule has 0 saturated heterocycles. The van der Waals surface area contributed by atoms with Gasteiger partial charge >= 0.3 is 0 Å². The summed E-state index contributed by atoms with van der Waals surface area (Å²) in [4.78, 5) is 14.2. The molecule has 0 bridgehead atoms. The van der Waals surface area contributed by atoms with E-state index in [-0.39, 0.29) is 16.5 Å². The Morgan fingerprint density at radius 2 is 2.00 bits per heavy atom. The highest BCUT2D eigenvalue weighted by Gasteiger charge is 2.07. The summed E-state index contributed by atoms with van der Waals surface area (Å²) in [6, 6.07) is 8.71. The van der Waals surface area contributed by atoms with Crippen molar-refractivity contribution >= 4 is 40.8 Å². The van der Waals surface area contributed by atoms with Crippen LogP contribution in [-0.4, -0.2) is 16.2 Å². The summed E-state index contributed by atoms with van der Waals surface area (Å²) in [7, 11) is 0. The van der Waals surface area contributed by atoms with Crippen molar-refractivity contribution in [1.82, 2.24) is 0 Å². The quantitative estimate of drug-likeness (QED) is 0.520. The smallest absolute Gasteiger partial charge is 0.271 e. The van der Waals surface area contributed by atoms with Crippen LogP contribution in [0, 0.1) is 10.1 Å². The van der Waals surface area contributed by atoms with Gasteiger partial charge in [0.15, 0.2) is 0 Å². The maximum absolute atomic E-state index is 10.6. The number of aliphatic imine (C=N–C) groups is 1. The van der Waals surface area contributed by atoms with Crippen LogP contribution in [0.15, 0.2) is 41.4 Å². The van der Waals surface area contributed by atoms with Crippen LogP contribution in [0.2, 0.25) is 10.0 Å². The van der Waals surface area contributed by atoms with Crippen molar-refractivity contribution in [3.05, 3.63) is 62.1 Å². The van der Waals surface area contributed by atoms with E-state index in [1.54, 1.807) is 6.07 Å². The molecule has 0 atom stereocenters. The molecule has 0 aliphatic rings. The molecule has 7 heteroatoms. The first kappa shape index (κ1) is 14.3. The molecule has 0 aromatic heterocycles. The van der Waals surface area contributed by atoms with Crippen molar-refractivity contribution in [3.63, 3.8) is 0 Å². The predicted molar refractivity (Wildman–Crippen MR) is 78.5 cm³/mol. The van der Waals surface area contributed by atoms with Crippen molar-refractivity contribution in [1.29, 1.82) is 0 Å². The molecule has 0 amide bonds. The largest absolute Gasteiger partial charge is 0.506 e. The SMILES string of the molecule is O=[N+]([O-])c1cccc(N=Cc2cc(Cl)cc(Cl)c2O)c1. The van der Waals surface area contributed by atoms with Crippen LogP contribution in [0.1, 0.15) is 5.56 Å². The minimum atomic E-state index is -0.507. The van der Waals surface area contributed by atoms with Crippen LogP contribution in [-0.2, 0) is 0 Å². The van der Waals surface area contributed by atoms with Gasteiger partial charge in [-0.2, -0.15) is 0 Å². The summed E-state index contributed by atoms with van der Waals surface area (Å²) >= 11 is 11.6. The highest BCUT2D eigenvalue weighted by atomic mass is 35.5. The molecule has 2 rings (SSSR count). The van der Waals surface area contributed by atoms with Crippen LogP contribution in [0.25, 0.3) is 0 Å². The minimum Gasteiger partial charge on any atom is -0.506 e. The summed E-state index contributed by atoms with van der Waals surface area (Å²) in [6.07, 6.45) is 1.34. The van der Waals surface area contributed by atoms with Gasteiger partial charge in [-0.05, 0) is 18.2 Å². The summed E-state index contributed by atoms with van der Waals surface area (Å²) in [5.41, 5.74) is 0.650. The first-order valence-electron chi connectivity index (χ1n) is 5.44. The Bertz CT molecular complexity index is 702. The second kappa shape index (κ2) is 5.90. The Morgan fingerprint density at radius 3 is 2.70 bits per heavy atom. The van der Waals surface area contributed by atoms with Gasteiger partial charge in [-0.3, -0.25) is 15.1 Å². The third kappa shape index (κ3) is 3.26. The molecule has 5 nitrogen and oxygen atoms in total. The number of non-ortho nitro benzene ring substituents is 1. The van der Waals surface area contributed by atoms with E-state index < -0.39 is 4.92 Å². The Kier molecular flexibility index (Phi) is 4.22. The molecule has 1 N–H and O–H groups in total. The number of nitro benzene ring substituents is 1. The molecule has 2 aromatic carbocycles. The van der Waals surface area contributed by atoms with Gasteiger partial charge in [-0.15, -0.1) is 0 Å². The van der Waals surface area contributed by atoms with Crippen molar-refractivity contribution < 1.29 is 10.0 Å².